The zero-order valence-corrected chi connectivity index (χ0v) is 10.4. The van der Waals surface area contributed by atoms with Crippen molar-refractivity contribution in [3.05, 3.63) is 45.7 Å². The molecule has 2 rings (SSSR count). The molecule has 0 bridgehead atoms. The zero-order chi connectivity index (χ0) is 13.1. The van der Waals surface area contributed by atoms with Crippen LogP contribution < -0.4 is 5.32 Å². The number of carboxylic acid groups (broad SMARTS) is 1. The minimum Gasteiger partial charge on any atom is -0.478 e. The molecule has 0 amide bonds. The highest BCUT2D eigenvalue weighted by Crippen LogP contribution is 2.18. The van der Waals surface area contributed by atoms with E-state index in [-0.39, 0.29) is 5.56 Å². The number of hydrogen-bond acceptors (Lipinski definition) is 4. The second-order valence-electron chi connectivity index (χ2n) is 3.71. The van der Waals surface area contributed by atoms with Crippen molar-refractivity contribution < 1.29 is 14.3 Å². The van der Waals surface area contributed by atoms with Gasteiger partial charge in [0.05, 0.1) is 23.3 Å². The van der Waals surface area contributed by atoms with Gasteiger partial charge < -0.3 is 10.4 Å². The van der Waals surface area contributed by atoms with E-state index in [0.29, 0.717) is 12.2 Å². The maximum atomic E-state index is 13.2. The molecule has 4 nitrogen and oxygen atoms in total. The summed E-state index contributed by atoms with van der Waals surface area (Å²) < 4.78 is 13.2. The van der Waals surface area contributed by atoms with Crippen molar-refractivity contribution in [2.75, 3.05) is 5.32 Å². The van der Waals surface area contributed by atoms with Crippen molar-refractivity contribution in [2.24, 2.45) is 0 Å². The van der Waals surface area contributed by atoms with Gasteiger partial charge in [-0.1, -0.05) is 0 Å². The summed E-state index contributed by atoms with van der Waals surface area (Å²) in [4.78, 5) is 16.0. The lowest BCUT2D eigenvalue weighted by Crippen LogP contribution is -2.04. The summed E-state index contributed by atoms with van der Waals surface area (Å²) in [6.07, 6.45) is 0. The fraction of sp³-hybridized carbons (Fsp3) is 0.167. The minimum absolute atomic E-state index is 0.332. The third-order valence-corrected chi connectivity index (χ3v) is 3.43. The largest absolute Gasteiger partial charge is 0.478 e. The number of carbonyl (C=O) groups is 1. The number of anilines is 1. The van der Waals surface area contributed by atoms with Crippen molar-refractivity contribution in [2.45, 2.75) is 13.5 Å². The first-order chi connectivity index (χ1) is 8.58. The standard InChI is InChI=1S/C12H11FN2O2S/c1-7-11(18-6-15-7)5-14-8-2-3-10(13)9(4-8)12(16)17/h2-4,6,14H,5H2,1H3,(H,16,17). The second kappa shape index (κ2) is 5.14. The number of aromatic nitrogens is 1. The van der Waals surface area contributed by atoms with Gasteiger partial charge in [0.15, 0.2) is 0 Å². The van der Waals surface area contributed by atoms with E-state index in [2.05, 4.69) is 10.3 Å². The molecule has 6 heteroatoms. The smallest absolute Gasteiger partial charge is 0.338 e. The summed E-state index contributed by atoms with van der Waals surface area (Å²) in [5.41, 5.74) is 2.93. The molecule has 0 aliphatic heterocycles. The first-order valence-electron chi connectivity index (χ1n) is 5.23. The average Bonchev–Trinajstić information content (AvgIpc) is 2.73. The molecule has 18 heavy (non-hydrogen) atoms. The highest BCUT2D eigenvalue weighted by Gasteiger charge is 2.10. The van der Waals surface area contributed by atoms with Crippen molar-refractivity contribution in [3.8, 4) is 0 Å². The number of nitrogens with one attached hydrogen (secondary N) is 1. The Hall–Kier alpha value is -1.95. The molecule has 1 heterocycles. The predicted octanol–water partition coefficient (Wildman–Crippen LogP) is 2.90. The molecule has 0 aliphatic rings. The summed E-state index contributed by atoms with van der Waals surface area (Å²) in [6, 6.07) is 3.94. The fourth-order valence-electron chi connectivity index (χ4n) is 1.48. The molecule has 0 atom stereocenters. The lowest BCUT2D eigenvalue weighted by atomic mass is 10.2. The van der Waals surface area contributed by atoms with Crippen LogP contribution in [0.4, 0.5) is 10.1 Å². The summed E-state index contributed by atoms with van der Waals surface area (Å²) in [7, 11) is 0. The van der Waals surface area contributed by atoms with Crippen LogP contribution in [-0.2, 0) is 6.54 Å². The Labute approximate surface area is 107 Å². The number of aryl methyl sites for hydroxylation is 1. The van der Waals surface area contributed by atoms with Gasteiger partial charge in [-0.25, -0.2) is 14.2 Å². The molecule has 0 saturated carbocycles. The third-order valence-electron chi connectivity index (χ3n) is 2.49. The average molecular weight is 266 g/mol. The second-order valence-corrected chi connectivity index (χ2v) is 4.65. The molecule has 1 aromatic carbocycles. The van der Waals surface area contributed by atoms with Crippen LogP contribution in [0.5, 0.6) is 0 Å². The van der Waals surface area contributed by atoms with Crippen LogP contribution in [-0.4, -0.2) is 16.1 Å². The van der Waals surface area contributed by atoms with E-state index in [4.69, 9.17) is 5.11 Å². The minimum atomic E-state index is -1.27. The Balaban J connectivity index is 2.13. The van der Waals surface area contributed by atoms with Crippen LogP contribution in [0.3, 0.4) is 0 Å². The summed E-state index contributed by atoms with van der Waals surface area (Å²) in [6.45, 7) is 2.45. The van der Waals surface area contributed by atoms with Crippen molar-refractivity contribution in [3.63, 3.8) is 0 Å². The SMILES string of the molecule is Cc1ncsc1CNc1ccc(F)c(C(=O)O)c1. The number of thiazole rings is 1. The van der Waals surface area contributed by atoms with Crippen molar-refractivity contribution >= 4 is 23.0 Å². The fourth-order valence-corrected chi connectivity index (χ4v) is 2.19. The lowest BCUT2D eigenvalue weighted by Gasteiger charge is -2.07. The van der Waals surface area contributed by atoms with Gasteiger partial charge in [-0.05, 0) is 25.1 Å². The lowest BCUT2D eigenvalue weighted by molar-refractivity contribution is 0.0692. The highest BCUT2D eigenvalue weighted by molar-refractivity contribution is 7.09. The zero-order valence-electron chi connectivity index (χ0n) is 9.61. The van der Waals surface area contributed by atoms with Crippen molar-refractivity contribution in [1.82, 2.24) is 4.98 Å². The van der Waals surface area contributed by atoms with Gasteiger partial charge >= 0.3 is 5.97 Å². The van der Waals surface area contributed by atoms with Crippen LogP contribution >= 0.6 is 11.3 Å². The monoisotopic (exact) mass is 266 g/mol. The van der Waals surface area contributed by atoms with Gasteiger partial charge in [0.1, 0.15) is 5.82 Å². The van der Waals surface area contributed by atoms with E-state index in [0.717, 1.165) is 16.6 Å². The van der Waals surface area contributed by atoms with E-state index in [1.807, 2.05) is 6.92 Å². The first-order valence-corrected chi connectivity index (χ1v) is 6.11. The van der Waals surface area contributed by atoms with Gasteiger partial charge in [-0.3, -0.25) is 0 Å². The molecule has 0 spiro atoms. The summed E-state index contributed by atoms with van der Waals surface area (Å²) >= 11 is 1.52. The molecule has 2 aromatic rings. The Morgan fingerprint density at radius 3 is 2.94 bits per heavy atom. The Morgan fingerprint density at radius 1 is 1.56 bits per heavy atom. The van der Waals surface area contributed by atoms with E-state index in [9.17, 15) is 9.18 Å². The number of aromatic carboxylic acids is 1. The van der Waals surface area contributed by atoms with Gasteiger partial charge in [0, 0.05) is 10.6 Å². The maximum Gasteiger partial charge on any atom is 0.338 e. The normalized spacial score (nSPS) is 10.3. The first kappa shape index (κ1) is 12.5. The van der Waals surface area contributed by atoms with Gasteiger partial charge in [-0.2, -0.15) is 0 Å². The van der Waals surface area contributed by atoms with Crippen LogP contribution in [0, 0.1) is 12.7 Å². The van der Waals surface area contributed by atoms with E-state index < -0.39 is 11.8 Å². The number of nitrogens with zero attached hydrogens (tertiary/aromatic N) is 1. The number of hydrogen-bond donors (Lipinski definition) is 2. The van der Waals surface area contributed by atoms with Crippen LogP contribution in [0.1, 0.15) is 20.9 Å². The Morgan fingerprint density at radius 2 is 2.33 bits per heavy atom. The molecule has 2 N–H and O–H groups in total. The topological polar surface area (TPSA) is 62.2 Å². The van der Waals surface area contributed by atoms with Gasteiger partial charge in [0.2, 0.25) is 0 Å². The molecule has 0 radical (unpaired) electrons. The summed E-state index contributed by atoms with van der Waals surface area (Å²) in [5, 5.41) is 11.9. The Bertz CT molecular complexity index is 583. The molecule has 0 aliphatic carbocycles. The molecule has 94 valence electrons. The van der Waals surface area contributed by atoms with Gasteiger partial charge in [-0.15, -0.1) is 11.3 Å². The highest BCUT2D eigenvalue weighted by atomic mass is 32.1. The molecule has 1 aromatic heterocycles. The predicted molar refractivity (Wildman–Crippen MR) is 67.5 cm³/mol. The Kier molecular flexibility index (Phi) is 3.57. The number of halogens is 1. The van der Waals surface area contributed by atoms with Crippen molar-refractivity contribution in [1.29, 1.82) is 0 Å². The van der Waals surface area contributed by atoms with E-state index >= 15 is 0 Å². The van der Waals surface area contributed by atoms with Crippen LogP contribution in [0.15, 0.2) is 23.7 Å². The quantitative estimate of drug-likeness (QED) is 0.893. The van der Waals surface area contributed by atoms with Crippen LogP contribution in [0.2, 0.25) is 0 Å². The number of rotatable bonds is 4. The number of benzene rings is 1. The molecular formula is C12H11FN2O2S. The van der Waals surface area contributed by atoms with Crippen LogP contribution in [0.25, 0.3) is 0 Å². The molecule has 0 saturated heterocycles. The molecule has 0 fully saturated rings. The van der Waals surface area contributed by atoms with Gasteiger partial charge in [0.25, 0.3) is 0 Å². The maximum absolute atomic E-state index is 13.2. The number of carboxylic acids is 1. The van der Waals surface area contributed by atoms with E-state index in [1.165, 1.54) is 23.5 Å². The van der Waals surface area contributed by atoms with E-state index in [1.54, 1.807) is 5.51 Å². The third kappa shape index (κ3) is 2.65. The molecule has 0 unspecified atom stereocenters. The summed E-state index contributed by atoms with van der Waals surface area (Å²) in [5.74, 6) is -2.01. The molecular weight excluding hydrogens is 255 g/mol.